The van der Waals surface area contributed by atoms with Crippen LogP contribution >= 0.6 is 23.5 Å². The van der Waals surface area contributed by atoms with Crippen molar-refractivity contribution in [1.29, 1.82) is 0 Å². The fourth-order valence-corrected chi connectivity index (χ4v) is 0. The quantitative estimate of drug-likeness (QED) is 0.102. The second kappa shape index (κ2) is 27.5. The van der Waals surface area contributed by atoms with Crippen molar-refractivity contribution in [3.8, 4) is 0 Å². The van der Waals surface area contributed by atoms with Crippen molar-refractivity contribution in [1.82, 2.24) is 0 Å². The molecule has 0 saturated heterocycles. The maximum absolute atomic E-state index is 8.88. The van der Waals surface area contributed by atoms with Crippen LogP contribution in [0.4, 0.5) is 0 Å². The van der Waals surface area contributed by atoms with E-state index in [1.807, 2.05) is 0 Å². The molecule has 0 spiro atoms. The molecule has 0 atom stereocenters. The van der Waals surface area contributed by atoms with E-state index in [0.29, 0.717) is 0 Å². The monoisotopic (exact) mass is 1130 g/mol. The van der Waals surface area contributed by atoms with E-state index in [-0.39, 0.29) is 41.7 Å². The predicted octanol–water partition coefficient (Wildman–Crippen LogP) is -7.07. The van der Waals surface area contributed by atoms with Crippen molar-refractivity contribution < 1.29 is 184 Å². The van der Waals surface area contributed by atoms with Gasteiger partial charge in [0.15, 0.2) is 0 Å². The van der Waals surface area contributed by atoms with Crippen molar-refractivity contribution >= 4 is 23.5 Å². The molecule has 0 saturated carbocycles. The van der Waals surface area contributed by atoms with E-state index >= 15 is 0 Å². The molecule has 0 bridgehead atoms. The molecule has 0 rings (SSSR count). The summed E-state index contributed by atoms with van der Waals surface area (Å²) < 4.78 is 104. The zero-order chi connectivity index (χ0) is 24.2. The molecule has 28 heavy (non-hydrogen) atoms. The Morgan fingerprint density at radius 2 is 0.429 bits per heavy atom. The number of rotatable bonds is 0. The Morgan fingerprint density at radius 1 is 0.429 bits per heavy atom. The van der Waals surface area contributed by atoms with Gasteiger partial charge in [-0.1, -0.05) is 0 Å². The third-order valence-corrected chi connectivity index (χ3v) is 0. The molecule has 0 aliphatic rings. The number of hydrogen-bond donors (Lipinski definition) is 9. The van der Waals surface area contributed by atoms with Gasteiger partial charge in [-0.15, -0.1) is 0 Å². The molecular weight excluding hydrogens is 1120 g/mol. The van der Waals surface area contributed by atoms with Crippen LogP contribution in [0, 0.1) is 41.7 Å². The molecule has 0 fully saturated rings. The summed E-state index contributed by atoms with van der Waals surface area (Å²) in [5, 5.41) is 0. The topological polar surface area (TPSA) is 405 Å². The minimum atomic E-state index is -4.64. The second-order valence-corrected chi connectivity index (χ2v) is 9.63. The molecular formula is H9CeO21P3W3. The fraction of sp³-hybridized carbons (Fsp3) is 0. The molecule has 0 heterocycles. The van der Waals surface area contributed by atoms with E-state index in [4.69, 9.17) is 89.4 Å². The van der Waals surface area contributed by atoms with Gasteiger partial charge in [0.1, 0.15) is 0 Å². The Hall–Kier alpha value is 2.45. The second-order valence-electron chi connectivity index (χ2n) is 2.15. The third-order valence-electron chi connectivity index (χ3n) is 0. The molecule has 21 nitrogen and oxygen atoms in total. The van der Waals surface area contributed by atoms with Gasteiger partial charge in [-0.2, -0.15) is 0 Å². The van der Waals surface area contributed by atoms with E-state index in [1.165, 1.54) is 0 Å². The molecule has 0 aromatic heterocycles. The van der Waals surface area contributed by atoms with Gasteiger partial charge >= 0.3 is 150 Å². The molecule has 0 aromatic carbocycles. The molecule has 0 aliphatic heterocycles. The Balaban J connectivity index is -0.0000000377. The van der Waals surface area contributed by atoms with Crippen molar-refractivity contribution in [3.05, 3.63) is 0 Å². The van der Waals surface area contributed by atoms with Gasteiger partial charge in [0.2, 0.25) is 0 Å². The van der Waals surface area contributed by atoms with Gasteiger partial charge in [-0.3, -0.25) is 0 Å². The molecule has 0 unspecified atom stereocenters. The fourth-order valence-electron chi connectivity index (χ4n) is 0. The zero-order valence-electron chi connectivity index (χ0n) is 12.0. The van der Waals surface area contributed by atoms with Crippen LogP contribution in [0.5, 0.6) is 0 Å². The van der Waals surface area contributed by atoms with E-state index in [9.17, 15) is 0 Å². The van der Waals surface area contributed by atoms with E-state index < -0.39 is 76.3 Å². The van der Waals surface area contributed by atoms with Crippen LogP contribution in [0.15, 0.2) is 0 Å². The minimum absolute atomic E-state index is 0. The average molecular weight is 1130 g/mol. The molecule has 172 valence electrons. The Labute approximate surface area is 205 Å². The zero-order valence-corrected chi connectivity index (χ0v) is 26.6. The summed E-state index contributed by atoms with van der Waals surface area (Å²) in [7, 11) is -13.9. The number of hydrogen-bond acceptors (Lipinski definition) is 12. The van der Waals surface area contributed by atoms with Gasteiger partial charge in [0, 0.05) is 0 Å². The van der Waals surface area contributed by atoms with Crippen LogP contribution in [0.2, 0.25) is 0 Å². The molecule has 0 aromatic rings. The molecule has 0 aliphatic carbocycles. The van der Waals surface area contributed by atoms with Gasteiger partial charge in [0.05, 0.1) is 0 Å². The van der Waals surface area contributed by atoms with Crippen molar-refractivity contribution in [3.63, 3.8) is 0 Å². The Bertz CT molecular complexity index is 532. The molecule has 1 radical (unpaired) electrons. The van der Waals surface area contributed by atoms with E-state index in [2.05, 4.69) is 0 Å². The van der Waals surface area contributed by atoms with Crippen LogP contribution in [-0.2, 0) is 86.9 Å². The van der Waals surface area contributed by atoms with E-state index in [1.54, 1.807) is 0 Å². The SMILES string of the molecule is O=P(O)(O)O.O=P(O)(O)O.O=P(O)(O)O.[Ce+3].[O]=[W](=[O])[O-].[O]=[W](=[O])[O-].[O]=[W](=[O])[O-]. The molecule has 9 N–H and O–H groups in total. The van der Waals surface area contributed by atoms with Crippen LogP contribution in [-0.4, -0.2) is 44.0 Å². The third kappa shape index (κ3) is 3570. The standard InChI is InChI=1S/Ce.3H3O4P.9O.3W/c;3*1-5(2,3)4;;;;;;;;;;;;/h;3*(H3,1,2,3,4);;;;;;;;;;;;/q+3;;;;;;;;;;3*-1;;;. The molecule has 0 amide bonds. The van der Waals surface area contributed by atoms with Crippen molar-refractivity contribution in [2.75, 3.05) is 0 Å². The summed E-state index contributed by atoms with van der Waals surface area (Å²) in [4.78, 5) is 64.7. The summed E-state index contributed by atoms with van der Waals surface area (Å²) in [5.41, 5.74) is 0. The van der Waals surface area contributed by atoms with Crippen LogP contribution in [0.1, 0.15) is 0 Å². The Morgan fingerprint density at radius 3 is 0.429 bits per heavy atom. The number of phosphoric acid groups is 3. The van der Waals surface area contributed by atoms with Crippen molar-refractivity contribution in [2.24, 2.45) is 0 Å². The summed E-state index contributed by atoms with van der Waals surface area (Å²) in [6.45, 7) is 0. The molecule has 28 heteroatoms. The first-order chi connectivity index (χ1) is 11.2. The van der Waals surface area contributed by atoms with Gasteiger partial charge in [0.25, 0.3) is 0 Å². The maximum atomic E-state index is 8.88. The Kier molecular flexibility index (Phi) is 47.1. The van der Waals surface area contributed by atoms with Crippen LogP contribution in [0.25, 0.3) is 0 Å². The first-order valence-corrected chi connectivity index (χ1v) is 19.3. The van der Waals surface area contributed by atoms with Crippen LogP contribution in [0.3, 0.4) is 0 Å². The average Bonchev–Trinajstić information content (AvgIpc) is 2.01. The first kappa shape index (κ1) is 48.0. The van der Waals surface area contributed by atoms with Crippen LogP contribution < -0.4 is 11.3 Å². The normalized spacial score (nSPS) is 9.00. The summed E-state index contributed by atoms with van der Waals surface area (Å²) >= 11 is -12.8. The van der Waals surface area contributed by atoms with E-state index in [0.717, 1.165) is 0 Å². The first-order valence-electron chi connectivity index (χ1n) is 3.85. The van der Waals surface area contributed by atoms with Gasteiger partial charge in [-0.05, 0) is 0 Å². The summed E-state index contributed by atoms with van der Waals surface area (Å²) in [5.74, 6) is 0. The summed E-state index contributed by atoms with van der Waals surface area (Å²) in [6, 6.07) is 0. The van der Waals surface area contributed by atoms with Gasteiger partial charge in [-0.25, -0.2) is 13.7 Å². The van der Waals surface area contributed by atoms with Crippen molar-refractivity contribution in [2.45, 2.75) is 0 Å². The summed E-state index contributed by atoms with van der Waals surface area (Å²) in [6.07, 6.45) is 0. The van der Waals surface area contributed by atoms with Gasteiger partial charge < -0.3 is 44.0 Å². The predicted molar refractivity (Wildman–Crippen MR) is 46.9 cm³/mol.